The lowest BCUT2D eigenvalue weighted by Crippen LogP contribution is -2.49. The SMILES string of the molecule is C[C@H]1CCCN(C2CCN(C(=O)c3ccc(COc4ccccc4)cc3)CC2)C1. The highest BCUT2D eigenvalue weighted by Gasteiger charge is 2.29. The standard InChI is InChI=1S/C25H32N2O2/c1-20-6-5-15-27(18-20)23-13-16-26(17-14-23)25(28)22-11-9-21(10-12-22)19-29-24-7-3-2-4-8-24/h2-4,7-12,20,23H,5-6,13-19H2,1H3/t20-/m0/s1. The first-order valence-electron chi connectivity index (χ1n) is 11.0. The van der Waals surface area contributed by atoms with Crippen molar-refractivity contribution in [1.29, 1.82) is 0 Å². The van der Waals surface area contributed by atoms with Gasteiger partial charge in [-0.25, -0.2) is 0 Å². The summed E-state index contributed by atoms with van der Waals surface area (Å²) < 4.78 is 5.79. The number of carbonyl (C=O) groups is 1. The van der Waals surface area contributed by atoms with E-state index in [9.17, 15) is 4.79 Å². The van der Waals surface area contributed by atoms with Gasteiger partial charge in [-0.2, -0.15) is 0 Å². The Morgan fingerprint density at radius 2 is 1.69 bits per heavy atom. The highest BCUT2D eigenvalue weighted by atomic mass is 16.5. The molecule has 1 amide bonds. The molecule has 1 atom stereocenters. The Bertz CT molecular complexity index is 782. The number of hydrogen-bond donors (Lipinski definition) is 0. The van der Waals surface area contributed by atoms with Crippen LogP contribution in [0.2, 0.25) is 0 Å². The average Bonchev–Trinajstić information content (AvgIpc) is 2.78. The first-order chi connectivity index (χ1) is 14.2. The van der Waals surface area contributed by atoms with Gasteiger partial charge in [0.2, 0.25) is 0 Å². The largest absolute Gasteiger partial charge is 0.489 e. The summed E-state index contributed by atoms with van der Waals surface area (Å²) in [7, 11) is 0. The van der Waals surface area contributed by atoms with E-state index < -0.39 is 0 Å². The molecule has 0 N–H and O–H groups in total. The number of benzene rings is 2. The number of para-hydroxylation sites is 1. The van der Waals surface area contributed by atoms with Crippen LogP contribution in [-0.2, 0) is 6.61 Å². The lowest BCUT2D eigenvalue weighted by molar-refractivity contribution is 0.0542. The molecule has 2 saturated heterocycles. The normalized spacial score (nSPS) is 21.1. The van der Waals surface area contributed by atoms with Gasteiger partial charge in [-0.05, 0) is 68.0 Å². The molecule has 154 valence electrons. The van der Waals surface area contributed by atoms with Crippen molar-refractivity contribution in [2.75, 3.05) is 26.2 Å². The number of amides is 1. The van der Waals surface area contributed by atoms with Crippen molar-refractivity contribution >= 4 is 5.91 Å². The van der Waals surface area contributed by atoms with Gasteiger partial charge >= 0.3 is 0 Å². The number of hydrogen-bond acceptors (Lipinski definition) is 3. The minimum Gasteiger partial charge on any atom is -0.489 e. The van der Waals surface area contributed by atoms with Crippen LogP contribution >= 0.6 is 0 Å². The number of carbonyl (C=O) groups excluding carboxylic acids is 1. The fraction of sp³-hybridized carbons (Fsp3) is 0.480. The summed E-state index contributed by atoms with van der Waals surface area (Å²) in [6, 6.07) is 18.3. The maximum Gasteiger partial charge on any atom is 0.253 e. The topological polar surface area (TPSA) is 32.8 Å². The van der Waals surface area contributed by atoms with Gasteiger partial charge in [-0.3, -0.25) is 9.69 Å². The number of nitrogens with zero attached hydrogens (tertiary/aromatic N) is 2. The van der Waals surface area contributed by atoms with Gasteiger partial charge in [0, 0.05) is 31.2 Å². The summed E-state index contributed by atoms with van der Waals surface area (Å²) in [5, 5.41) is 0. The predicted molar refractivity (Wildman–Crippen MR) is 116 cm³/mol. The van der Waals surface area contributed by atoms with Crippen LogP contribution in [0.3, 0.4) is 0 Å². The molecule has 0 radical (unpaired) electrons. The van der Waals surface area contributed by atoms with E-state index >= 15 is 0 Å². The maximum atomic E-state index is 12.9. The van der Waals surface area contributed by atoms with Crippen LogP contribution in [0.5, 0.6) is 5.75 Å². The summed E-state index contributed by atoms with van der Waals surface area (Å²) in [5.41, 5.74) is 1.85. The molecule has 4 rings (SSSR count). The fourth-order valence-corrected chi connectivity index (χ4v) is 4.60. The Morgan fingerprint density at radius 1 is 0.966 bits per heavy atom. The molecule has 0 unspecified atom stereocenters. The molecule has 4 nitrogen and oxygen atoms in total. The second-order valence-electron chi connectivity index (χ2n) is 8.56. The Labute approximate surface area is 174 Å². The lowest BCUT2D eigenvalue weighted by atomic mass is 9.95. The molecule has 0 bridgehead atoms. The van der Waals surface area contributed by atoms with Crippen molar-refractivity contribution in [3.63, 3.8) is 0 Å². The van der Waals surface area contributed by atoms with Crippen molar-refractivity contribution in [2.24, 2.45) is 5.92 Å². The molecule has 4 heteroatoms. The predicted octanol–water partition coefficient (Wildman–Crippen LogP) is 4.60. The number of rotatable bonds is 5. The summed E-state index contributed by atoms with van der Waals surface area (Å²) >= 11 is 0. The number of piperidine rings is 2. The lowest BCUT2D eigenvalue weighted by Gasteiger charge is -2.41. The van der Waals surface area contributed by atoms with Crippen molar-refractivity contribution in [2.45, 2.75) is 45.3 Å². The number of ether oxygens (including phenoxy) is 1. The van der Waals surface area contributed by atoms with Crippen LogP contribution in [0.25, 0.3) is 0 Å². The van der Waals surface area contributed by atoms with Crippen molar-refractivity contribution in [3.05, 3.63) is 65.7 Å². The molecular weight excluding hydrogens is 360 g/mol. The molecular formula is C25H32N2O2. The summed E-state index contributed by atoms with van der Waals surface area (Å²) in [5.74, 6) is 1.83. The summed E-state index contributed by atoms with van der Waals surface area (Å²) in [4.78, 5) is 17.6. The third-order valence-corrected chi connectivity index (χ3v) is 6.31. The van der Waals surface area contributed by atoms with E-state index in [4.69, 9.17) is 4.74 Å². The van der Waals surface area contributed by atoms with E-state index in [0.29, 0.717) is 12.6 Å². The van der Waals surface area contributed by atoms with Gasteiger partial charge < -0.3 is 9.64 Å². The molecule has 0 saturated carbocycles. The molecule has 0 aromatic heterocycles. The van der Waals surface area contributed by atoms with Crippen LogP contribution < -0.4 is 4.74 Å². The summed E-state index contributed by atoms with van der Waals surface area (Å²) in [6.07, 6.45) is 4.88. The van der Waals surface area contributed by atoms with Gasteiger partial charge in [0.15, 0.2) is 0 Å². The minimum absolute atomic E-state index is 0.158. The Balaban J connectivity index is 1.27. The van der Waals surface area contributed by atoms with Crippen LogP contribution in [0, 0.1) is 5.92 Å². The molecule has 2 fully saturated rings. The smallest absolute Gasteiger partial charge is 0.253 e. The van der Waals surface area contributed by atoms with Gasteiger partial charge in [0.05, 0.1) is 0 Å². The molecule has 2 aliphatic rings. The molecule has 0 spiro atoms. The van der Waals surface area contributed by atoms with E-state index in [0.717, 1.165) is 48.7 Å². The monoisotopic (exact) mass is 392 g/mol. The van der Waals surface area contributed by atoms with Crippen LogP contribution in [0.15, 0.2) is 54.6 Å². The zero-order chi connectivity index (χ0) is 20.1. The van der Waals surface area contributed by atoms with Gasteiger partial charge in [0.25, 0.3) is 5.91 Å². The maximum absolute atomic E-state index is 12.9. The van der Waals surface area contributed by atoms with E-state index in [1.807, 2.05) is 59.5 Å². The Morgan fingerprint density at radius 3 is 2.38 bits per heavy atom. The highest BCUT2D eigenvalue weighted by Crippen LogP contribution is 2.24. The van der Waals surface area contributed by atoms with E-state index in [1.165, 1.54) is 25.9 Å². The second kappa shape index (κ2) is 9.45. The zero-order valence-electron chi connectivity index (χ0n) is 17.4. The van der Waals surface area contributed by atoms with Crippen LogP contribution in [-0.4, -0.2) is 47.9 Å². The molecule has 29 heavy (non-hydrogen) atoms. The van der Waals surface area contributed by atoms with Crippen molar-refractivity contribution < 1.29 is 9.53 Å². The van der Waals surface area contributed by atoms with E-state index in [-0.39, 0.29) is 5.91 Å². The van der Waals surface area contributed by atoms with Gasteiger partial charge in [0.1, 0.15) is 12.4 Å². The molecule has 2 aliphatic heterocycles. The highest BCUT2D eigenvalue weighted by molar-refractivity contribution is 5.94. The third-order valence-electron chi connectivity index (χ3n) is 6.31. The second-order valence-corrected chi connectivity index (χ2v) is 8.56. The molecule has 2 heterocycles. The zero-order valence-corrected chi connectivity index (χ0v) is 17.4. The van der Waals surface area contributed by atoms with Gasteiger partial charge in [-0.1, -0.05) is 37.3 Å². The molecule has 2 aromatic rings. The average molecular weight is 393 g/mol. The third kappa shape index (κ3) is 5.18. The molecule has 0 aliphatic carbocycles. The van der Waals surface area contributed by atoms with Crippen molar-refractivity contribution in [3.8, 4) is 5.75 Å². The summed E-state index contributed by atoms with van der Waals surface area (Å²) in [6.45, 7) is 7.07. The Hall–Kier alpha value is -2.33. The van der Waals surface area contributed by atoms with E-state index in [1.54, 1.807) is 0 Å². The Kier molecular flexibility index (Phi) is 6.50. The van der Waals surface area contributed by atoms with Crippen LogP contribution in [0.1, 0.15) is 48.5 Å². The van der Waals surface area contributed by atoms with Crippen molar-refractivity contribution in [1.82, 2.24) is 9.80 Å². The fourth-order valence-electron chi connectivity index (χ4n) is 4.60. The minimum atomic E-state index is 0.158. The quantitative estimate of drug-likeness (QED) is 0.745. The first-order valence-corrected chi connectivity index (χ1v) is 11.0. The first kappa shape index (κ1) is 20.0. The van der Waals surface area contributed by atoms with E-state index in [2.05, 4.69) is 11.8 Å². The van der Waals surface area contributed by atoms with Gasteiger partial charge in [-0.15, -0.1) is 0 Å². The molecule has 2 aromatic carbocycles. The van der Waals surface area contributed by atoms with Crippen LogP contribution in [0.4, 0.5) is 0 Å². The number of likely N-dealkylation sites (tertiary alicyclic amines) is 2.